The second-order valence-corrected chi connectivity index (χ2v) is 12.6. The van der Waals surface area contributed by atoms with Crippen LogP contribution in [0.5, 0.6) is 0 Å². The highest BCUT2D eigenvalue weighted by molar-refractivity contribution is 6.09. The number of carbonyl (C=O) groups excluding carboxylic acids is 4. The molecule has 0 aliphatic carbocycles. The second-order valence-electron chi connectivity index (χ2n) is 12.6. The van der Waals surface area contributed by atoms with E-state index in [0.717, 1.165) is 50.7 Å². The summed E-state index contributed by atoms with van der Waals surface area (Å²) in [5, 5.41) is 23.6. The van der Waals surface area contributed by atoms with Gasteiger partial charge in [0.15, 0.2) is 0 Å². The van der Waals surface area contributed by atoms with Crippen LogP contribution in [0.3, 0.4) is 0 Å². The molecule has 0 aliphatic heterocycles. The highest BCUT2D eigenvalue weighted by Gasteiger charge is 2.22. The summed E-state index contributed by atoms with van der Waals surface area (Å²) in [7, 11) is 0. The number of hydrogen-bond donors (Lipinski definition) is 0. The lowest BCUT2D eigenvalue weighted by molar-refractivity contribution is -0.256. The topological polar surface area (TPSA) is 133 Å². The lowest BCUT2D eigenvalue weighted by Crippen LogP contribution is -2.30. The van der Waals surface area contributed by atoms with E-state index in [9.17, 15) is 29.4 Å². The van der Waals surface area contributed by atoms with Crippen molar-refractivity contribution in [2.75, 3.05) is 13.2 Å². The molecule has 0 saturated carbocycles. The minimum Gasteiger partial charge on any atom is -0.545 e. The maximum atomic E-state index is 12.7. The molecule has 46 heavy (non-hydrogen) atoms. The predicted octanol–water partition coefficient (Wildman–Crippen LogP) is 8.13. The molecule has 0 N–H and O–H groups in total. The van der Waals surface area contributed by atoms with E-state index in [0.29, 0.717) is 12.8 Å². The molecule has 0 bridgehead atoms. The molecule has 0 radical (unpaired) electrons. The SMILES string of the molecule is CCCCCCCCCCCCCCOC(=O)c1cc(C(=O)[O-])c(C(=O)OCCCCCCCCCCCCCC)cc1C(=O)[O-]. The number of carboxylic acid groups (broad SMARTS) is 2. The van der Waals surface area contributed by atoms with E-state index < -0.39 is 46.1 Å². The lowest BCUT2D eigenvalue weighted by atomic mass is 9.98. The van der Waals surface area contributed by atoms with Crippen molar-refractivity contribution >= 4 is 23.9 Å². The Hall–Kier alpha value is -2.90. The van der Waals surface area contributed by atoms with Crippen molar-refractivity contribution < 1.29 is 38.9 Å². The Morgan fingerprint density at radius 1 is 0.413 bits per heavy atom. The number of carboxylic acids is 2. The summed E-state index contributed by atoms with van der Waals surface area (Å²) in [6, 6.07) is 1.62. The number of rotatable bonds is 30. The van der Waals surface area contributed by atoms with Crippen LogP contribution < -0.4 is 10.2 Å². The molecular weight excluding hydrogens is 584 g/mol. The first-order valence-corrected chi connectivity index (χ1v) is 18.3. The molecule has 0 aliphatic rings. The molecular formula is C38H60O8-2. The third-order valence-electron chi connectivity index (χ3n) is 8.50. The Kier molecular flexibility index (Phi) is 24.3. The Labute approximate surface area is 278 Å². The third kappa shape index (κ3) is 18.9. The van der Waals surface area contributed by atoms with E-state index >= 15 is 0 Å². The van der Waals surface area contributed by atoms with Gasteiger partial charge in [0, 0.05) is 11.1 Å². The molecule has 0 spiro atoms. The molecule has 0 atom stereocenters. The summed E-state index contributed by atoms with van der Waals surface area (Å²) in [5.41, 5.74) is -2.23. The van der Waals surface area contributed by atoms with Gasteiger partial charge in [-0.05, 0) is 25.0 Å². The Bertz CT molecular complexity index is 923. The zero-order chi connectivity index (χ0) is 33.8. The normalized spacial score (nSPS) is 11.0. The van der Waals surface area contributed by atoms with Crippen LogP contribution in [-0.4, -0.2) is 37.1 Å². The van der Waals surface area contributed by atoms with Crippen molar-refractivity contribution in [1.82, 2.24) is 0 Å². The average Bonchev–Trinajstić information content (AvgIpc) is 3.04. The summed E-state index contributed by atoms with van der Waals surface area (Å²) in [6.45, 7) is 4.59. The number of carbonyl (C=O) groups is 4. The third-order valence-corrected chi connectivity index (χ3v) is 8.50. The van der Waals surface area contributed by atoms with Gasteiger partial charge in [-0.2, -0.15) is 0 Å². The molecule has 0 fully saturated rings. The van der Waals surface area contributed by atoms with Crippen molar-refractivity contribution in [3.63, 3.8) is 0 Å². The summed E-state index contributed by atoms with van der Waals surface area (Å²) in [5.74, 6) is -5.42. The molecule has 1 aromatic rings. The van der Waals surface area contributed by atoms with Crippen LogP contribution in [0.4, 0.5) is 0 Å². The molecule has 0 unspecified atom stereocenters. The zero-order valence-corrected chi connectivity index (χ0v) is 28.8. The Morgan fingerprint density at radius 2 is 0.652 bits per heavy atom. The van der Waals surface area contributed by atoms with Crippen LogP contribution in [0.25, 0.3) is 0 Å². The van der Waals surface area contributed by atoms with E-state index in [1.165, 1.54) is 103 Å². The molecule has 8 nitrogen and oxygen atoms in total. The summed E-state index contributed by atoms with van der Waals surface area (Å²) >= 11 is 0. The number of hydrogen-bond acceptors (Lipinski definition) is 8. The van der Waals surface area contributed by atoms with E-state index in [1.807, 2.05) is 0 Å². The van der Waals surface area contributed by atoms with Crippen molar-refractivity contribution in [2.24, 2.45) is 0 Å². The number of unbranched alkanes of at least 4 members (excludes halogenated alkanes) is 22. The first kappa shape index (κ1) is 41.1. The highest BCUT2D eigenvalue weighted by atomic mass is 16.5. The van der Waals surface area contributed by atoms with E-state index in [2.05, 4.69) is 13.8 Å². The van der Waals surface area contributed by atoms with Gasteiger partial charge in [0.05, 0.1) is 36.3 Å². The smallest absolute Gasteiger partial charge is 0.338 e. The number of esters is 2. The van der Waals surface area contributed by atoms with Crippen LogP contribution in [0.2, 0.25) is 0 Å². The number of ether oxygens (including phenoxy) is 2. The molecule has 262 valence electrons. The lowest BCUT2D eigenvalue weighted by Gasteiger charge is -2.16. The molecule has 0 amide bonds. The molecule has 0 heterocycles. The van der Waals surface area contributed by atoms with E-state index in [1.54, 1.807) is 0 Å². The first-order chi connectivity index (χ1) is 22.3. The first-order valence-electron chi connectivity index (χ1n) is 18.3. The van der Waals surface area contributed by atoms with Gasteiger partial charge < -0.3 is 29.3 Å². The van der Waals surface area contributed by atoms with Crippen molar-refractivity contribution in [3.8, 4) is 0 Å². The van der Waals surface area contributed by atoms with Crippen molar-refractivity contribution in [1.29, 1.82) is 0 Å². The van der Waals surface area contributed by atoms with Crippen LogP contribution in [-0.2, 0) is 9.47 Å². The van der Waals surface area contributed by atoms with E-state index in [4.69, 9.17) is 9.47 Å². The fourth-order valence-corrected chi connectivity index (χ4v) is 5.65. The molecule has 1 aromatic carbocycles. The highest BCUT2D eigenvalue weighted by Crippen LogP contribution is 2.20. The second kappa shape index (κ2) is 27.2. The maximum absolute atomic E-state index is 12.7. The average molecular weight is 645 g/mol. The minimum absolute atomic E-state index is 0.0756. The Morgan fingerprint density at radius 3 is 0.891 bits per heavy atom. The van der Waals surface area contributed by atoms with Crippen molar-refractivity contribution in [2.45, 2.75) is 168 Å². The molecule has 8 heteroatoms. The molecule has 0 saturated heterocycles. The zero-order valence-electron chi connectivity index (χ0n) is 28.8. The minimum atomic E-state index is -1.72. The van der Waals surface area contributed by atoms with Gasteiger partial charge in [-0.1, -0.05) is 155 Å². The fourth-order valence-electron chi connectivity index (χ4n) is 5.65. The van der Waals surface area contributed by atoms with Gasteiger partial charge in [0.1, 0.15) is 0 Å². The standard InChI is InChI=1S/C38H62O8/c1-3-5-7-9-11-13-15-17-19-21-23-25-27-45-37(43)33-29-32(36(41)42)34(30-31(33)35(39)40)38(44)46-28-26-24-22-20-18-16-14-12-10-8-6-4-2/h29-30H,3-28H2,1-2H3,(H,39,40)(H,41,42)/p-2. The Balaban J connectivity index is 2.44. The van der Waals surface area contributed by atoms with Gasteiger partial charge in [0.25, 0.3) is 0 Å². The van der Waals surface area contributed by atoms with Gasteiger partial charge in [-0.3, -0.25) is 0 Å². The fraction of sp³-hybridized carbons (Fsp3) is 0.737. The summed E-state index contributed by atoms with van der Waals surface area (Å²) in [6.07, 6.45) is 27.6. The largest absolute Gasteiger partial charge is 0.545 e. The molecule has 1 rings (SSSR count). The predicted molar refractivity (Wildman–Crippen MR) is 178 cm³/mol. The van der Waals surface area contributed by atoms with E-state index in [-0.39, 0.29) is 13.2 Å². The van der Waals surface area contributed by atoms with Gasteiger partial charge in [-0.15, -0.1) is 0 Å². The van der Waals surface area contributed by atoms with Gasteiger partial charge in [0.2, 0.25) is 0 Å². The van der Waals surface area contributed by atoms with Gasteiger partial charge in [-0.25, -0.2) is 9.59 Å². The van der Waals surface area contributed by atoms with Crippen molar-refractivity contribution in [3.05, 3.63) is 34.4 Å². The monoisotopic (exact) mass is 644 g/mol. The van der Waals surface area contributed by atoms with Crippen LogP contribution in [0, 0.1) is 0 Å². The number of benzene rings is 1. The summed E-state index contributed by atoms with van der Waals surface area (Å²) in [4.78, 5) is 49.0. The van der Waals surface area contributed by atoms with Gasteiger partial charge >= 0.3 is 11.9 Å². The summed E-state index contributed by atoms with van der Waals surface area (Å²) < 4.78 is 10.5. The van der Waals surface area contributed by atoms with Crippen LogP contribution in [0.15, 0.2) is 12.1 Å². The molecule has 0 aromatic heterocycles. The quantitative estimate of drug-likeness (QED) is 0.0605. The number of aromatic carboxylic acids is 2. The van der Waals surface area contributed by atoms with Crippen LogP contribution in [0.1, 0.15) is 209 Å². The van der Waals surface area contributed by atoms with Crippen LogP contribution >= 0.6 is 0 Å². The maximum Gasteiger partial charge on any atom is 0.338 e.